The first-order valence-corrected chi connectivity index (χ1v) is 5.34. The van der Waals surface area contributed by atoms with E-state index in [0.29, 0.717) is 11.1 Å². The van der Waals surface area contributed by atoms with E-state index >= 15 is 0 Å². The van der Waals surface area contributed by atoms with Crippen molar-refractivity contribution >= 4 is 23.4 Å². The van der Waals surface area contributed by atoms with Crippen molar-refractivity contribution in [3.8, 4) is 0 Å². The predicted molar refractivity (Wildman–Crippen MR) is 53.4 cm³/mol. The van der Waals surface area contributed by atoms with Crippen molar-refractivity contribution < 1.29 is 0 Å². The highest BCUT2D eigenvalue weighted by Gasteiger charge is 2.05. The lowest BCUT2D eigenvalue weighted by Crippen LogP contribution is -1.93. The summed E-state index contributed by atoms with van der Waals surface area (Å²) in [5, 5.41) is 0.442. The molecule has 0 saturated carbocycles. The third kappa shape index (κ3) is 2.42. The zero-order chi connectivity index (χ0) is 8.10. The highest BCUT2D eigenvalue weighted by Crippen LogP contribution is 2.26. The Labute approximate surface area is 77.0 Å². The molecule has 1 aromatic carbocycles. The van der Waals surface area contributed by atoms with Gasteiger partial charge >= 0.3 is 0 Å². The Kier molecular flexibility index (Phi) is 3.81. The molecule has 1 unspecified atom stereocenters. The first-order valence-electron chi connectivity index (χ1n) is 3.52. The van der Waals surface area contributed by atoms with E-state index in [0.717, 1.165) is 0 Å². The van der Waals surface area contributed by atoms with Gasteiger partial charge in [0.25, 0.3) is 0 Å². The molecule has 1 atom stereocenters. The molecule has 2 heteroatoms. The maximum absolute atomic E-state index is 5.78. The Morgan fingerprint density at radius 1 is 1.36 bits per heavy atom. The molecule has 0 radical (unpaired) electrons. The van der Waals surface area contributed by atoms with Crippen LogP contribution in [-0.4, -0.2) is 12.1 Å². The molecule has 0 fully saturated rings. The summed E-state index contributed by atoms with van der Waals surface area (Å²) < 4.78 is 0. The standard InChI is InChI=1S/C9H11ClS/c1-11-9(7-10)8-5-3-2-4-6-8/h2-6,9H,7H2,1H3. The van der Waals surface area contributed by atoms with Gasteiger partial charge < -0.3 is 0 Å². The quantitative estimate of drug-likeness (QED) is 0.653. The molecule has 11 heavy (non-hydrogen) atoms. The van der Waals surface area contributed by atoms with Crippen LogP contribution in [0, 0.1) is 0 Å². The van der Waals surface area contributed by atoms with E-state index in [-0.39, 0.29) is 0 Å². The lowest BCUT2D eigenvalue weighted by atomic mass is 10.2. The molecule has 0 aliphatic carbocycles. The molecule has 0 aliphatic heterocycles. The van der Waals surface area contributed by atoms with Crippen molar-refractivity contribution in [2.45, 2.75) is 5.25 Å². The Balaban J connectivity index is 2.74. The number of alkyl halides is 1. The Bertz CT molecular complexity index is 194. The van der Waals surface area contributed by atoms with E-state index in [4.69, 9.17) is 11.6 Å². The highest BCUT2D eigenvalue weighted by atomic mass is 35.5. The Morgan fingerprint density at radius 3 is 2.45 bits per heavy atom. The molecule has 1 rings (SSSR count). The number of thioether (sulfide) groups is 1. The fourth-order valence-electron chi connectivity index (χ4n) is 0.956. The van der Waals surface area contributed by atoms with E-state index in [9.17, 15) is 0 Å². The molecule has 1 aromatic rings. The van der Waals surface area contributed by atoms with E-state index in [2.05, 4.69) is 18.4 Å². The smallest absolute Gasteiger partial charge is 0.0429 e. The van der Waals surface area contributed by atoms with Crippen LogP contribution in [0.4, 0.5) is 0 Å². The normalized spacial score (nSPS) is 12.9. The fourth-order valence-corrected chi connectivity index (χ4v) is 2.07. The van der Waals surface area contributed by atoms with E-state index in [1.54, 1.807) is 11.8 Å². The maximum atomic E-state index is 5.78. The van der Waals surface area contributed by atoms with Gasteiger partial charge in [-0.05, 0) is 11.8 Å². The minimum Gasteiger partial charge on any atom is -0.156 e. The SMILES string of the molecule is CSC(CCl)c1ccccc1. The van der Waals surface area contributed by atoms with Crippen molar-refractivity contribution in [1.29, 1.82) is 0 Å². The van der Waals surface area contributed by atoms with Crippen molar-refractivity contribution in [3.63, 3.8) is 0 Å². The van der Waals surface area contributed by atoms with Crippen molar-refractivity contribution in [1.82, 2.24) is 0 Å². The summed E-state index contributed by atoms with van der Waals surface area (Å²) >= 11 is 7.57. The van der Waals surface area contributed by atoms with Crippen molar-refractivity contribution in [3.05, 3.63) is 35.9 Å². The van der Waals surface area contributed by atoms with Gasteiger partial charge in [0.1, 0.15) is 0 Å². The molecule has 0 N–H and O–H groups in total. The van der Waals surface area contributed by atoms with E-state index < -0.39 is 0 Å². The van der Waals surface area contributed by atoms with Crippen LogP contribution in [0.2, 0.25) is 0 Å². The zero-order valence-corrected chi connectivity index (χ0v) is 8.03. The van der Waals surface area contributed by atoms with Gasteiger partial charge in [-0.1, -0.05) is 30.3 Å². The minimum atomic E-state index is 0.442. The Hall–Kier alpha value is -0.140. The zero-order valence-electron chi connectivity index (χ0n) is 6.46. The third-order valence-electron chi connectivity index (χ3n) is 1.60. The first kappa shape index (κ1) is 8.95. The first-order chi connectivity index (χ1) is 5.38. The molecule has 0 spiro atoms. The van der Waals surface area contributed by atoms with Gasteiger partial charge in [-0.15, -0.1) is 11.6 Å². The molecule has 0 saturated heterocycles. The van der Waals surface area contributed by atoms with Crippen LogP contribution >= 0.6 is 23.4 Å². The number of rotatable bonds is 3. The van der Waals surface area contributed by atoms with E-state index in [1.807, 2.05) is 18.2 Å². The van der Waals surface area contributed by atoms with Gasteiger partial charge in [-0.2, -0.15) is 11.8 Å². The van der Waals surface area contributed by atoms with Crippen LogP contribution < -0.4 is 0 Å². The van der Waals surface area contributed by atoms with Gasteiger partial charge in [-0.25, -0.2) is 0 Å². The van der Waals surface area contributed by atoms with Gasteiger partial charge in [0.15, 0.2) is 0 Å². The van der Waals surface area contributed by atoms with Gasteiger partial charge in [0.2, 0.25) is 0 Å². The second-order valence-corrected chi connectivity index (χ2v) is 3.64. The number of hydrogen-bond donors (Lipinski definition) is 0. The van der Waals surface area contributed by atoms with E-state index in [1.165, 1.54) is 5.56 Å². The van der Waals surface area contributed by atoms with Crippen molar-refractivity contribution in [2.75, 3.05) is 12.1 Å². The summed E-state index contributed by atoms with van der Waals surface area (Å²) in [6, 6.07) is 10.3. The third-order valence-corrected chi connectivity index (χ3v) is 3.10. The minimum absolute atomic E-state index is 0.442. The van der Waals surface area contributed by atoms with Crippen LogP contribution in [0.3, 0.4) is 0 Å². The second-order valence-electron chi connectivity index (χ2n) is 2.29. The summed E-state index contributed by atoms with van der Waals surface area (Å²) in [4.78, 5) is 0. The monoisotopic (exact) mass is 186 g/mol. The lowest BCUT2D eigenvalue weighted by Gasteiger charge is -2.09. The molecule has 0 heterocycles. The van der Waals surface area contributed by atoms with Crippen LogP contribution in [0.5, 0.6) is 0 Å². The largest absolute Gasteiger partial charge is 0.156 e. The van der Waals surface area contributed by atoms with Gasteiger partial charge in [0.05, 0.1) is 0 Å². The summed E-state index contributed by atoms with van der Waals surface area (Å²) in [5.74, 6) is 0.686. The molecule has 0 nitrogen and oxygen atoms in total. The molecule has 0 amide bonds. The average molecular weight is 187 g/mol. The maximum Gasteiger partial charge on any atom is 0.0429 e. The van der Waals surface area contributed by atoms with Crippen LogP contribution in [0.15, 0.2) is 30.3 Å². The van der Waals surface area contributed by atoms with Gasteiger partial charge in [-0.3, -0.25) is 0 Å². The average Bonchev–Trinajstić information content (AvgIpc) is 2.09. The lowest BCUT2D eigenvalue weighted by molar-refractivity contribution is 1.11. The highest BCUT2D eigenvalue weighted by molar-refractivity contribution is 7.98. The van der Waals surface area contributed by atoms with Crippen LogP contribution in [0.25, 0.3) is 0 Å². The topological polar surface area (TPSA) is 0 Å². The number of benzene rings is 1. The molecular weight excluding hydrogens is 176 g/mol. The predicted octanol–water partition coefficient (Wildman–Crippen LogP) is 3.33. The van der Waals surface area contributed by atoms with Crippen LogP contribution in [0.1, 0.15) is 10.8 Å². The fraction of sp³-hybridized carbons (Fsp3) is 0.333. The summed E-state index contributed by atoms with van der Waals surface area (Å²) in [6.07, 6.45) is 2.08. The molecule has 0 bridgehead atoms. The van der Waals surface area contributed by atoms with Crippen LogP contribution in [-0.2, 0) is 0 Å². The number of hydrogen-bond acceptors (Lipinski definition) is 1. The molecular formula is C9H11ClS. The molecule has 60 valence electrons. The Morgan fingerprint density at radius 2 is 2.00 bits per heavy atom. The summed E-state index contributed by atoms with van der Waals surface area (Å²) in [5.41, 5.74) is 1.31. The van der Waals surface area contributed by atoms with Crippen molar-refractivity contribution in [2.24, 2.45) is 0 Å². The number of halogens is 1. The van der Waals surface area contributed by atoms with Gasteiger partial charge in [0, 0.05) is 11.1 Å². The summed E-state index contributed by atoms with van der Waals surface area (Å²) in [7, 11) is 0. The second kappa shape index (κ2) is 4.68. The molecule has 0 aromatic heterocycles. The molecule has 0 aliphatic rings. The summed E-state index contributed by atoms with van der Waals surface area (Å²) in [6.45, 7) is 0.